The normalized spacial score (nSPS) is 13.8. The summed E-state index contributed by atoms with van der Waals surface area (Å²) in [6.45, 7) is 0. The first-order valence-electron chi connectivity index (χ1n) is 9.80. The van der Waals surface area contributed by atoms with E-state index in [1.165, 1.54) is 47.2 Å². The van der Waals surface area contributed by atoms with E-state index in [2.05, 4.69) is 31.5 Å². The third-order valence-electron chi connectivity index (χ3n) is 5.36. The molecule has 2 heterocycles. The average molecular weight is 485 g/mol. The van der Waals surface area contributed by atoms with Crippen LogP contribution in [0, 0.1) is 0 Å². The number of hydrogen-bond donors (Lipinski definition) is 2. The third kappa shape index (κ3) is 3.94. The molecule has 2 aromatic carbocycles. The van der Waals surface area contributed by atoms with Crippen LogP contribution in [0.1, 0.15) is 21.5 Å². The maximum Gasteiger partial charge on any atom is 0.280 e. The first-order chi connectivity index (χ1) is 15.4. The lowest BCUT2D eigenvalue weighted by atomic mass is 10.1. The molecule has 1 amide bonds. The number of sulfonamides is 1. The van der Waals surface area contributed by atoms with Gasteiger partial charge < -0.3 is 5.32 Å². The number of carbonyl (C=O) groups is 1. The average Bonchev–Trinajstić information content (AvgIpc) is 3.39. The van der Waals surface area contributed by atoms with E-state index in [0.717, 1.165) is 12.8 Å². The van der Waals surface area contributed by atoms with Gasteiger partial charge in [-0.25, -0.2) is 4.98 Å². The van der Waals surface area contributed by atoms with Crippen molar-refractivity contribution in [2.45, 2.75) is 23.9 Å². The molecule has 1 aliphatic rings. The number of halogens is 1. The van der Waals surface area contributed by atoms with Gasteiger partial charge in [-0.2, -0.15) is 12.8 Å². The van der Waals surface area contributed by atoms with Crippen LogP contribution in [-0.4, -0.2) is 29.7 Å². The second-order valence-electron chi connectivity index (χ2n) is 7.50. The van der Waals surface area contributed by atoms with Crippen LogP contribution >= 0.6 is 23.1 Å². The highest BCUT2D eigenvalue weighted by molar-refractivity contribution is 7.92. The quantitative estimate of drug-likeness (QED) is 0.445. The topological polar surface area (TPSA) is 101 Å². The first-order valence-corrected chi connectivity index (χ1v) is 12.4. The van der Waals surface area contributed by atoms with Gasteiger partial charge in [0.25, 0.3) is 15.9 Å². The Morgan fingerprint density at radius 3 is 2.59 bits per heavy atom. The van der Waals surface area contributed by atoms with Crippen molar-refractivity contribution in [2.24, 2.45) is 0 Å². The predicted octanol–water partition coefficient (Wildman–Crippen LogP) is 4.04. The molecule has 162 valence electrons. The summed E-state index contributed by atoms with van der Waals surface area (Å²) in [6.07, 6.45) is 4.34. The Bertz CT molecular complexity index is 1430. The Balaban J connectivity index is 1.42. The largest absolute Gasteiger partial charge is 0.349 e. The van der Waals surface area contributed by atoms with Gasteiger partial charge in [0, 0.05) is 17.3 Å². The number of rotatable bonds is 5. The molecule has 4 aromatic rings. The van der Waals surface area contributed by atoms with E-state index in [-0.39, 0.29) is 28.2 Å². The third-order valence-corrected chi connectivity index (χ3v) is 7.68. The zero-order valence-electron chi connectivity index (χ0n) is 16.6. The summed E-state index contributed by atoms with van der Waals surface area (Å²) in [6, 6.07) is 14.2. The monoisotopic (exact) mass is 484 g/mol. The molecule has 0 saturated heterocycles. The van der Waals surface area contributed by atoms with E-state index < -0.39 is 10.0 Å². The summed E-state index contributed by atoms with van der Waals surface area (Å²) < 4.78 is 33.5. The second-order valence-corrected chi connectivity index (χ2v) is 10.4. The number of nitrogens with one attached hydrogen (secondary N) is 2. The van der Waals surface area contributed by atoms with Gasteiger partial charge in [0.15, 0.2) is 5.03 Å². The first kappa shape index (κ1) is 20.9. The number of anilines is 1. The van der Waals surface area contributed by atoms with Crippen LogP contribution < -0.4 is 10.0 Å². The van der Waals surface area contributed by atoms with Crippen LogP contribution in [0.3, 0.4) is 0 Å². The van der Waals surface area contributed by atoms with Crippen molar-refractivity contribution < 1.29 is 13.2 Å². The molecule has 10 heteroatoms. The fourth-order valence-corrected chi connectivity index (χ4v) is 5.99. The fourth-order valence-electron chi connectivity index (χ4n) is 3.90. The minimum atomic E-state index is -4.09. The number of hydrogen-bond acceptors (Lipinski definition) is 6. The highest BCUT2D eigenvalue weighted by atomic mass is 35.5. The summed E-state index contributed by atoms with van der Waals surface area (Å²) in [5.74, 6) is -0.374. The van der Waals surface area contributed by atoms with Crippen molar-refractivity contribution in [3.8, 4) is 0 Å². The zero-order chi connectivity index (χ0) is 22.3. The SMILES string of the molecule is O=C(NC1Cc2ccccc2C1)c1ccc(Cl)cc1NS(=O)(=O)c1nccc2sncc12. The lowest BCUT2D eigenvalue weighted by Crippen LogP contribution is -2.35. The molecule has 2 aromatic heterocycles. The van der Waals surface area contributed by atoms with E-state index in [0.29, 0.717) is 15.1 Å². The van der Waals surface area contributed by atoms with E-state index in [9.17, 15) is 13.2 Å². The molecule has 5 rings (SSSR count). The molecule has 0 unspecified atom stereocenters. The van der Waals surface area contributed by atoms with Crippen LogP contribution in [0.15, 0.2) is 66.0 Å². The van der Waals surface area contributed by atoms with Crippen LogP contribution in [0.5, 0.6) is 0 Å². The maximum atomic E-state index is 13.1. The zero-order valence-corrected chi connectivity index (χ0v) is 19.0. The summed E-state index contributed by atoms with van der Waals surface area (Å²) in [4.78, 5) is 17.1. The van der Waals surface area contributed by atoms with Crippen LogP contribution in [0.25, 0.3) is 10.1 Å². The number of pyridine rings is 1. The van der Waals surface area contributed by atoms with Gasteiger partial charge in [-0.1, -0.05) is 35.9 Å². The Hall–Kier alpha value is -3.01. The number of aromatic nitrogens is 2. The smallest absolute Gasteiger partial charge is 0.280 e. The van der Waals surface area contributed by atoms with Crippen molar-refractivity contribution in [3.63, 3.8) is 0 Å². The summed E-state index contributed by atoms with van der Waals surface area (Å²) in [5.41, 5.74) is 2.69. The minimum absolute atomic E-state index is 0.0627. The van der Waals surface area contributed by atoms with E-state index in [1.807, 2.05) is 12.1 Å². The van der Waals surface area contributed by atoms with Gasteiger partial charge >= 0.3 is 0 Å². The van der Waals surface area contributed by atoms with Gasteiger partial charge in [0.1, 0.15) is 0 Å². The molecular formula is C22H17ClN4O3S2. The van der Waals surface area contributed by atoms with E-state index in [4.69, 9.17) is 11.6 Å². The minimum Gasteiger partial charge on any atom is -0.349 e. The van der Waals surface area contributed by atoms with Crippen molar-refractivity contribution >= 4 is 54.8 Å². The second kappa shape index (κ2) is 8.16. The van der Waals surface area contributed by atoms with E-state index in [1.54, 1.807) is 12.1 Å². The highest BCUT2D eigenvalue weighted by Gasteiger charge is 2.26. The summed E-state index contributed by atoms with van der Waals surface area (Å²) in [7, 11) is -4.09. The lowest BCUT2D eigenvalue weighted by Gasteiger charge is -2.16. The molecule has 32 heavy (non-hydrogen) atoms. The Kier molecular flexibility index (Phi) is 5.32. The van der Waals surface area contributed by atoms with Crippen LogP contribution in [0.2, 0.25) is 5.02 Å². The van der Waals surface area contributed by atoms with Gasteiger partial charge in [-0.3, -0.25) is 9.52 Å². The molecule has 0 radical (unpaired) electrons. The molecule has 1 aliphatic carbocycles. The van der Waals surface area contributed by atoms with Crippen LogP contribution in [0.4, 0.5) is 5.69 Å². The molecule has 7 nitrogen and oxygen atoms in total. The fraction of sp³-hybridized carbons (Fsp3) is 0.136. The number of benzene rings is 2. The van der Waals surface area contributed by atoms with Crippen molar-refractivity contribution in [2.75, 3.05) is 4.72 Å². The predicted molar refractivity (Wildman–Crippen MR) is 125 cm³/mol. The standard InChI is InChI=1S/C22H17ClN4O3S2/c23-15-5-6-17(21(28)26-16-9-13-3-1-2-4-14(13)10-16)19(11-15)27-32(29,30)22-18-12-25-31-20(18)7-8-24-22/h1-8,11-12,16,27H,9-10H2,(H,26,28). The summed E-state index contributed by atoms with van der Waals surface area (Å²) >= 11 is 7.29. The van der Waals surface area contributed by atoms with Crippen molar-refractivity contribution in [1.82, 2.24) is 14.7 Å². The lowest BCUT2D eigenvalue weighted by molar-refractivity contribution is 0.0939. The molecule has 0 atom stereocenters. The molecule has 0 saturated carbocycles. The Morgan fingerprint density at radius 1 is 1.09 bits per heavy atom. The number of amides is 1. The van der Waals surface area contributed by atoms with E-state index >= 15 is 0 Å². The molecule has 0 spiro atoms. The Labute approximate surface area is 193 Å². The summed E-state index contributed by atoms with van der Waals surface area (Å²) in [5, 5.41) is 3.58. The molecule has 0 fully saturated rings. The highest BCUT2D eigenvalue weighted by Crippen LogP contribution is 2.28. The Morgan fingerprint density at radius 2 is 1.84 bits per heavy atom. The van der Waals surface area contributed by atoms with Crippen LogP contribution in [-0.2, 0) is 22.9 Å². The molecule has 2 N–H and O–H groups in total. The maximum absolute atomic E-state index is 13.1. The molecular weight excluding hydrogens is 468 g/mol. The van der Waals surface area contributed by atoms with Gasteiger partial charge in [0.05, 0.1) is 27.5 Å². The number of fused-ring (bicyclic) bond motifs is 2. The van der Waals surface area contributed by atoms with Crippen molar-refractivity contribution in [3.05, 3.63) is 82.6 Å². The molecule has 0 bridgehead atoms. The van der Waals surface area contributed by atoms with Crippen molar-refractivity contribution in [1.29, 1.82) is 0 Å². The molecule has 0 aliphatic heterocycles. The van der Waals surface area contributed by atoms with Gasteiger partial charge in [-0.15, -0.1) is 0 Å². The van der Waals surface area contributed by atoms with Gasteiger partial charge in [-0.05, 0) is 59.8 Å². The van der Waals surface area contributed by atoms with Gasteiger partial charge in [0.2, 0.25) is 0 Å². The number of nitrogens with zero attached hydrogens (tertiary/aromatic N) is 2. The number of carbonyl (C=O) groups excluding carboxylic acids is 1.